The van der Waals surface area contributed by atoms with Gasteiger partial charge in [0.15, 0.2) is 0 Å². The molecule has 0 bridgehead atoms. The standard InChI is InChI=1S/C13H15FN2O/c14-13-6-5-10(8-15)7-11(13)9-16-17-12-3-1-2-4-12/h5-7,12,16H,1-4,9H2. The summed E-state index contributed by atoms with van der Waals surface area (Å²) in [6.45, 7) is 0.290. The number of nitrogens with one attached hydrogen (secondary N) is 1. The van der Waals surface area contributed by atoms with Crippen LogP contribution in [0, 0.1) is 17.1 Å². The Labute approximate surface area is 100 Å². The molecule has 0 aromatic heterocycles. The lowest BCUT2D eigenvalue weighted by Gasteiger charge is -2.12. The molecule has 0 radical (unpaired) electrons. The molecule has 0 amide bonds. The van der Waals surface area contributed by atoms with Gasteiger partial charge in [0.1, 0.15) is 5.82 Å². The SMILES string of the molecule is N#Cc1ccc(F)c(CNOC2CCCC2)c1. The highest BCUT2D eigenvalue weighted by Gasteiger charge is 2.15. The van der Waals surface area contributed by atoms with Crippen LogP contribution in [0.2, 0.25) is 0 Å². The van der Waals surface area contributed by atoms with Crippen LogP contribution in [-0.2, 0) is 11.4 Å². The van der Waals surface area contributed by atoms with Crippen LogP contribution in [0.5, 0.6) is 0 Å². The molecule has 0 aliphatic heterocycles. The fourth-order valence-electron chi connectivity index (χ4n) is 2.02. The van der Waals surface area contributed by atoms with E-state index in [0.717, 1.165) is 12.8 Å². The summed E-state index contributed by atoms with van der Waals surface area (Å²) in [7, 11) is 0. The highest BCUT2D eigenvalue weighted by Crippen LogP contribution is 2.20. The van der Waals surface area contributed by atoms with Crippen molar-refractivity contribution in [3.63, 3.8) is 0 Å². The number of hydrogen-bond acceptors (Lipinski definition) is 3. The van der Waals surface area contributed by atoms with Crippen LogP contribution < -0.4 is 5.48 Å². The molecule has 0 spiro atoms. The molecule has 17 heavy (non-hydrogen) atoms. The monoisotopic (exact) mass is 234 g/mol. The molecule has 1 aromatic carbocycles. The number of hydrogen-bond donors (Lipinski definition) is 1. The highest BCUT2D eigenvalue weighted by molar-refractivity contribution is 5.33. The summed E-state index contributed by atoms with van der Waals surface area (Å²) in [6.07, 6.45) is 4.77. The predicted molar refractivity (Wildman–Crippen MR) is 61.3 cm³/mol. The maximum Gasteiger partial charge on any atom is 0.127 e. The van der Waals surface area contributed by atoms with Crippen LogP contribution in [0.3, 0.4) is 0 Å². The highest BCUT2D eigenvalue weighted by atomic mass is 19.1. The van der Waals surface area contributed by atoms with E-state index in [4.69, 9.17) is 10.1 Å². The van der Waals surface area contributed by atoms with Crippen LogP contribution in [0.15, 0.2) is 18.2 Å². The van der Waals surface area contributed by atoms with Crippen molar-refractivity contribution in [2.24, 2.45) is 0 Å². The van der Waals surface area contributed by atoms with Gasteiger partial charge in [-0.3, -0.25) is 4.84 Å². The molecule has 1 aliphatic carbocycles. The van der Waals surface area contributed by atoms with Gasteiger partial charge in [0.05, 0.1) is 17.7 Å². The quantitative estimate of drug-likeness (QED) is 0.814. The van der Waals surface area contributed by atoms with Gasteiger partial charge in [0, 0.05) is 12.1 Å². The van der Waals surface area contributed by atoms with E-state index >= 15 is 0 Å². The van der Waals surface area contributed by atoms with Crippen molar-refractivity contribution in [1.82, 2.24) is 5.48 Å². The van der Waals surface area contributed by atoms with Crippen LogP contribution in [0.1, 0.15) is 36.8 Å². The first kappa shape index (κ1) is 12.0. The van der Waals surface area contributed by atoms with Crippen molar-refractivity contribution in [3.05, 3.63) is 35.1 Å². The Bertz CT molecular complexity index is 422. The maximum atomic E-state index is 13.4. The lowest BCUT2D eigenvalue weighted by Crippen LogP contribution is -2.21. The predicted octanol–water partition coefficient (Wildman–Crippen LogP) is 2.66. The molecule has 2 rings (SSSR count). The molecule has 1 saturated carbocycles. The van der Waals surface area contributed by atoms with Gasteiger partial charge in [-0.2, -0.15) is 10.7 Å². The molecular weight excluding hydrogens is 219 g/mol. The molecular formula is C13H15FN2O. The topological polar surface area (TPSA) is 45.0 Å². The van der Waals surface area contributed by atoms with Gasteiger partial charge in [-0.25, -0.2) is 4.39 Å². The van der Waals surface area contributed by atoms with E-state index in [0.29, 0.717) is 11.1 Å². The molecule has 0 heterocycles. The van der Waals surface area contributed by atoms with E-state index in [2.05, 4.69) is 5.48 Å². The first-order chi connectivity index (χ1) is 8.29. The minimum Gasteiger partial charge on any atom is -0.298 e. The van der Waals surface area contributed by atoms with Gasteiger partial charge in [-0.15, -0.1) is 0 Å². The largest absolute Gasteiger partial charge is 0.298 e. The van der Waals surface area contributed by atoms with Crippen molar-refractivity contribution >= 4 is 0 Å². The normalized spacial score (nSPS) is 16.0. The summed E-state index contributed by atoms with van der Waals surface area (Å²) >= 11 is 0. The average molecular weight is 234 g/mol. The van der Waals surface area contributed by atoms with Crippen LogP contribution in [0.4, 0.5) is 4.39 Å². The maximum absolute atomic E-state index is 13.4. The first-order valence-electron chi connectivity index (χ1n) is 5.86. The molecule has 90 valence electrons. The second kappa shape index (κ2) is 5.76. The van der Waals surface area contributed by atoms with E-state index in [-0.39, 0.29) is 18.5 Å². The fraction of sp³-hybridized carbons (Fsp3) is 0.462. The van der Waals surface area contributed by atoms with Crippen LogP contribution >= 0.6 is 0 Å². The molecule has 3 nitrogen and oxygen atoms in total. The van der Waals surface area contributed by atoms with E-state index in [1.165, 1.54) is 25.0 Å². The summed E-state index contributed by atoms with van der Waals surface area (Å²) in [5.74, 6) is -0.313. The van der Waals surface area contributed by atoms with E-state index in [1.807, 2.05) is 6.07 Å². The Hall–Kier alpha value is -1.44. The molecule has 1 N–H and O–H groups in total. The molecule has 0 saturated heterocycles. The molecule has 1 aromatic rings. The average Bonchev–Trinajstić information content (AvgIpc) is 2.84. The summed E-state index contributed by atoms with van der Waals surface area (Å²) in [4.78, 5) is 5.44. The van der Waals surface area contributed by atoms with E-state index in [9.17, 15) is 4.39 Å². The Morgan fingerprint density at radius 1 is 1.41 bits per heavy atom. The third kappa shape index (κ3) is 3.26. The third-order valence-electron chi connectivity index (χ3n) is 2.99. The smallest absolute Gasteiger partial charge is 0.127 e. The Morgan fingerprint density at radius 3 is 2.88 bits per heavy atom. The number of hydroxylamine groups is 1. The van der Waals surface area contributed by atoms with Crippen molar-refractivity contribution in [2.75, 3.05) is 0 Å². The van der Waals surface area contributed by atoms with Crippen molar-refractivity contribution in [2.45, 2.75) is 38.3 Å². The summed E-state index contributed by atoms with van der Waals surface area (Å²) in [6, 6.07) is 6.31. The number of nitriles is 1. The number of nitrogens with zero attached hydrogens (tertiary/aromatic N) is 1. The number of halogens is 1. The number of rotatable bonds is 4. The lowest BCUT2D eigenvalue weighted by atomic mass is 10.1. The Morgan fingerprint density at radius 2 is 2.18 bits per heavy atom. The van der Waals surface area contributed by atoms with Crippen LogP contribution in [0.25, 0.3) is 0 Å². The Balaban J connectivity index is 1.87. The zero-order valence-electron chi connectivity index (χ0n) is 9.58. The lowest BCUT2D eigenvalue weighted by molar-refractivity contribution is -0.0248. The molecule has 4 heteroatoms. The Kier molecular flexibility index (Phi) is 4.08. The van der Waals surface area contributed by atoms with Gasteiger partial charge >= 0.3 is 0 Å². The second-order valence-corrected chi connectivity index (χ2v) is 4.26. The minimum atomic E-state index is -0.313. The zero-order chi connectivity index (χ0) is 12.1. The van der Waals surface area contributed by atoms with Crippen molar-refractivity contribution < 1.29 is 9.23 Å². The van der Waals surface area contributed by atoms with Gasteiger partial charge in [-0.05, 0) is 31.0 Å². The number of benzene rings is 1. The molecule has 1 fully saturated rings. The second-order valence-electron chi connectivity index (χ2n) is 4.26. The van der Waals surface area contributed by atoms with Crippen molar-refractivity contribution in [3.8, 4) is 6.07 Å². The summed E-state index contributed by atoms with van der Waals surface area (Å²) < 4.78 is 13.4. The van der Waals surface area contributed by atoms with Crippen molar-refractivity contribution in [1.29, 1.82) is 5.26 Å². The third-order valence-corrected chi connectivity index (χ3v) is 2.99. The van der Waals surface area contributed by atoms with Gasteiger partial charge in [0.2, 0.25) is 0 Å². The summed E-state index contributed by atoms with van der Waals surface area (Å²) in [5.41, 5.74) is 3.71. The van der Waals surface area contributed by atoms with Gasteiger partial charge in [0.25, 0.3) is 0 Å². The van der Waals surface area contributed by atoms with E-state index < -0.39 is 0 Å². The fourth-order valence-corrected chi connectivity index (χ4v) is 2.02. The minimum absolute atomic E-state index is 0.247. The van der Waals surface area contributed by atoms with Crippen LogP contribution in [-0.4, -0.2) is 6.10 Å². The molecule has 0 atom stereocenters. The van der Waals surface area contributed by atoms with E-state index in [1.54, 1.807) is 6.07 Å². The first-order valence-corrected chi connectivity index (χ1v) is 5.86. The summed E-state index contributed by atoms with van der Waals surface area (Å²) in [5, 5.41) is 8.73. The molecule has 1 aliphatic rings. The molecule has 0 unspecified atom stereocenters. The van der Waals surface area contributed by atoms with Gasteiger partial charge < -0.3 is 0 Å². The zero-order valence-corrected chi connectivity index (χ0v) is 9.58. The van der Waals surface area contributed by atoms with Gasteiger partial charge in [-0.1, -0.05) is 12.8 Å².